The molecule has 1 saturated heterocycles. The number of nitrogens with zero attached hydrogens (tertiary/aromatic N) is 1. The summed E-state index contributed by atoms with van der Waals surface area (Å²) >= 11 is 6.20. The zero-order valence-corrected chi connectivity index (χ0v) is 15.1. The van der Waals surface area contributed by atoms with Gasteiger partial charge in [0.2, 0.25) is 10.0 Å². The molecule has 4 rings (SSSR count). The Morgan fingerprint density at radius 2 is 1.83 bits per heavy atom. The van der Waals surface area contributed by atoms with E-state index in [1.165, 1.54) is 11.1 Å². The quantitative estimate of drug-likeness (QED) is 0.784. The van der Waals surface area contributed by atoms with Crippen LogP contribution in [0.2, 0.25) is 0 Å². The molecule has 3 atom stereocenters. The molecule has 3 nitrogen and oxygen atoms in total. The SMILES string of the molecule is Cc1ccc(S(=O)(=O)N2C[C@@H](CCl)[C@@H]3c4ccccc4C[C@@H]32)cc1. The van der Waals surface area contributed by atoms with Crippen molar-refractivity contribution in [2.45, 2.75) is 30.2 Å². The van der Waals surface area contributed by atoms with Gasteiger partial charge in [0.1, 0.15) is 0 Å². The lowest BCUT2D eigenvalue weighted by molar-refractivity contribution is 0.383. The summed E-state index contributed by atoms with van der Waals surface area (Å²) < 4.78 is 28.1. The maximum atomic E-state index is 13.2. The molecule has 0 amide bonds. The van der Waals surface area contributed by atoms with Gasteiger partial charge in [-0.05, 0) is 42.5 Å². The number of hydrogen-bond donors (Lipinski definition) is 0. The minimum Gasteiger partial charge on any atom is -0.207 e. The Kier molecular flexibility index (Phi) is 3.94. The Hall–Kier alpha value is -1.36. The molecule has 0 bridgehead atoms. The van der Waals surface area contributed by atoms with E-state index in [0.717, 1.165) is 12.0 Å². The van der Waals surface area contributed by atoms with Crippen LogP contribution in [0.1, 0.15) is 22.6 Å². The smallest absolute Gasteiger partial charge is 0.207 e. The minimum absolute atomic E-state index is 0.0162. The first-order valence-electron chi connectivity index (χ1n) is 8.24. The highest BCUT2D eigenvalue weighted by atomic mass is 35.5. The molecule has 0 N–H and O–H groups in total. The predicted molar refractivity (Wildman–Crippen MR) is 96.0 cm³/mol. The number of rotatable bonds is 3. The van der Waals surface area contributed by atoms with Crippen LogP contribution in [-0.4, -0.2) is 31.2 Å². The number of sulfonamides is 1. The van der Waals surface area contributed by atoms with Gasteiger partial charge in [-0.1, -0.05) is 42.0 Å². The molecule has 126 valence electrons. The van der Waals surface area contributed by atoms with Crippen molar-refractivity contribution in [2.24, 2.45) is 5.92 Å². The minimum atomic E-state index is -3.50. The molecule has 2 aromatic rings. The lowest BCUT2D eigenvalue weighted by atomic mass is 9.90. The van der Waals surface area contributed by atoms with E-state index in [9.17, 15) is 8.42 Å². The summed E-state index contributed by atoms with van der Waals surface area (Å²) in [6, 6.07) is 15.4. The number of fused-ring (bicyclic) bond motifs is 3. The summed E-state index contributed by atoms with van der Waals surface area (Å²) in [5, 5.41) is 0. The van der Waals surface area contributed by atoms with Crippen LogP contribution in [0.15, 0.2) is 53.4 Å². The average molecular weight is 362 g/mol. The van der Waals surface area contributed by atoms with Crippen LogP contribution in [0, 0.1) is 12.8 Å². The third kappa shape index (κ3) is 2.40. The molecular formula is C19H20ClNO2S. The molecule has 1 fully saturated rings. The molecule has 2 aliphatic rings. The summed E-state index contributed by atoms with van der Waals surface area (Å²) in [6.45, 7) is 2.46. The van der Waals surface area contributed by atoms with Gasteiger partial charge in [-0.25, -0.2) is 8.42 Å². The van der Waals surface area contributed by atoms with Gasteiger partial charge in [0.15, 0.2) is 0 Å². The van der Waals surface area contributed by atoms with E-state index in [-0.39, 0.29) is 17.9 Å². The van der Waals surface area contributed by atoms with Crippen molar-refractivity contribution in [1.29, 1.82) is 0 Å². The van der Waals surface area contributed by atoms with E-state index in [2.05, 4.69) is 12.1 Å². The molecule has 1 heterocycles. The molecule has 24 heavy (non-hydrogen) atoms. The predicted octanol–water partition coefficient (Wildman–Crippen LogP) is 3.56. The summed E-state index contributed by atoms with van der Waals surface area (Å²) in [4.78, 5) is 0.373. The van der Waals surface area contributed by atoms with Gasteiger partial charge >= 0.3 is 0 Å². The fraction of sp³-hybridized carbons (Fsp3) is 0.368. The van der Waals surface area contributed by atoms with Gasteiger partial charge in [0.25, 0.3) is 0 Å². The topological polar surface area (TPSA) is 37.4 Å². The maximum Gasteiger partial charge on any atom is 0.243 e. The van der Waals surface area contributed by atoms with Crippen molar-refractivity contribution >= 4 is 21.6 Å². The molecule has 0 spiro atoms. The van der Waals surface area contributed by atoms with Crippen LogP contribution < -0.4 is 0 Å². The van der Waals surface area contributed by atoms with E-state index in [0.29, 0.717) is 17.3 Å². The molecule has 0 radical (unpaired) electrons. The van der Waals surface area contributed by atoms with E-state index < -0.39 is 10.0 Å². The zero-order valence-electron chi connectivity index (χ0n) is 13.5. The third-order valence-electron chi connectivity index (χ3n) is 5.38. The molecule has 0 unspecified atom stereocenters. The van der Waals surface area contributed by atoms with Gasteiger partial charge in [-0.15, -0.1) is 11.6 Å². The molecule has 0 aromatic heterocycles. The van der Waals surface area contributed by atoms with Crippen LogP contribution >= 0.6 is 11.6 Å². The Bertz CT molecular complexity index is 863. The molecule has 1 aliphatic heterocycles. The normalized spacial score (nSPS) is 26.3. The van der Waals surface area contributed by atoms with E-state index in [1.54, 1.807) is 16.4 Å². The molecule has 1 aliphatic carbocycles. The van der Waals surface area contributed by atoms with Crippen LogP contribution in [0.4, 0.5) is 0 Å². The van der Waals surface area contributed by atoms with E-state index in [4.69, 9.17) is 11.6 Å². The van der Waals surface area contributed by atoms with Crippen molar-refractivity contribution in [3.8, 4) is 0 Å². The fourth-order valence-electron chi connectivity index (χ4n) is 4.20. The van der Waals surface area contributed by atoms with Crippen LogP contribution in [0.25, 0.3) is 0 Å². The Balaban J connectivity index is 1.74. The lowest BCUT2D eigenvalue weighted by Crippen LogP contribution is -2.36. The van der Waals surface area contributed by atoms with Crippen molar-refractivity contribution in [3.63, 3.8) is 0 Å². The van der Waals surface area contributed by atoms with Crippen molar-refractivity contribution < 1.29 is 8.42 Å². The van der Waals surface area contributed by atoms with E-state index in [1.807, 2.05) is 31.2 Å². The highest BCUT2D eigenvalue weighted by Crippen LogP contribution is 2.48. The maximum absolute atomic E-state index is 13.2. The standard InChI is InChI=1S/C19H20ClNO2S/c1-13-6-8-16(9-7-13)24(22,23)21-12-15(11-20)19-17-5-3-2-4-14(17)10-18(19)21/h2-9,15,18-19H,10-12H2,1H3/t15-,18+,19-/m1/s1. The Morgan fingerprint density at radius 3 is 2.54 bits per heavy atom. The second kappa shape index (κ2) is 5.87. The number of hydrogen-bond acceptors (Lipinski definition) is 2. The van der Waals surface area contributed by atoms with Gasteiger partial charge in [0.05, 0.1) is 4.90 Å². The lowest BCUT2D eigenvalue weighted by Gasteiger charge is -2.23. The number of alkyl halides is 1. The summed E-state index contributed by atoms with van der Waals surface area (Å²) in [7, 11) is -3.50. The Labute approximate surface area is 148 Å². The summed E-state index contributed by atoms with van der Waals surface area (Å²) in [5.74, 6) is 0.856. The number of aryl methyl sites for hydroxylation is 1. The van der Waals surface area contributed by atoms with Gasteiger partial charge in [-0.2, -0.15) is 4.31 Å². The van der Waals surface area contributed by atoms with Crippen LogP contribution in [0.3, 0.4) is 0 Å². The third-order valence-corrected chi connectivity index (χ3v) is 7.68. The highest BCUT2D eigenvalue weighted by molar-refractivity contribution is 7.89. The first-order chi connectivity index (χ1) is 11.5. The first kappa shape index (κ1) is 16.1. The molecule has 2 aromatic carbocycles. The molecule has 0 saturated carbocycles. The second-order valence-electron chi connectivity index (χ2n) is 6.80. The van der Waals surface area contributed by atoms with Crippen LogP contribution in [-0.2, 0) is 16.4 Å². The molecular weight excluding hydrogens is 342 g/mol. The van der Waals surface area contributed by atoms with E-state index >= 15 is 0 Å². The molecule has 5 heteroatoms. The monoisotopic (exact) mass is 361 g/mol. The zero-order chi connectivity index (χ0) is 16.9. The largest absolute Gasteiger partial charge is 0.243 e. The fourth-order valence-corrected chi connectivity index (χ4v) is 6.19. The Morgan fingerprint density at radius 1 is 1.12 bits per heavy atom. The van der Waals surface area contributed by atoms with Crippen LogP contribution in [0.5, 0.6) is 0 Å². The number of benzene rings is 2. The average Bonchev–Trinajstić information content (AvgIpc) is 3.12. The van der Waals surface area contributed by atoms with Crippen molar-refractivity contribution in [2.75, 3.05) is 12.4 Å². The van der Waals surface area contributed by atoms with Gasteiger partial charge < -0.3 is 0 Å². The van der Waals surface area contributed by atoms with Crippen molar-refractivity contribution in [3.05, 3.63) is 65.2 Å². The number of halogens is 1. The first-order valence-corrected chi connectivity index (χ1v) is 10.2. The highest BCUT2D eigenvalue weighted by Gasteiger charge is 2.50. The summed E-state index contributed by atoms with van der Waals surface area (Å²) in [6.07, 6.45) is 0.777. The summed E-state index contributed by atoms with van der Waals surface area (Å²) in [5.41, 5.74) is 3.58. The second-order valence-corrected chi connectivity index (χ2v) is 9.00. The van der Waals surface area contributed by atoms with Gasteiger partial charge in [0, 0.05) is 24.4 Å². The van der Waals surface area contributed by atoms with Gasteiger partial charge in [-0.3, -0.25) is 0 Å². The van der Waals surface area contributed by atoms with Crippen molar-refractivity contribution in [1.82, 2.24) is 4.31 Å².